The van der Waals surface area contributed by atoms with Crippen LogP contribution in [0, 0.1) is 0 Å². The van der Waals surface area contributed by atoms with Gasteiger partial charge in [0.05, 0.1) is 0 Å². The average molecular weight is 197 g/mol. The van der Waals surface area contributed by atoms with Gasteiger partial charge in [0.25, 0.3) is 5.91 Å². The van der Waals surface area contributed by atoms with Crippen LogP contribution in [0.4, 0.5) is 0 Å². The van der Waals surface area contributed by atoms with Gasteiger partial charge in [0.15, 0.2) is 0 Å². The van der Waals surface area contributed by atoms with E-state index in [1.54, 1.807) is 0 Å². The number of amides is 1. The molecule has 1 atom stereocenters. The number of piperidine rings is 1. The molecular weight excluding hydrogens is 178 g/mol. The summed E-state index contributed by atoms with van der Waals surface area (Å²) in [6, 6.07) is 0. The molecule has 2 fully saturated rings. The standard InChI is InChI=1S/C11H19NO2/c13-11(10-6-2-5-9-14-10)12-7-3-1-4-8-12/h10H,1-9H2. The Kier molecular flexibility index (Phi) is 3.40. The van der Waals surface area contributed by atoms with Crippen LogP contribution < -0.4 is 0 Å². The molecule has 0 N–H and O–H groups in total. The Morgan fingerprint density at radius 3 is 2.50 bits per heavy atom. The van der Waals surface area contributed by atoms with Crippen LogP contribution >= 0.6 is 0 Å². The summed E-state index contributed by atoms with van der Waals surface area (Å²) in [7, 11) is 0. The highest BCUT2D eigenvalue weighted by Gasteiger charge is 2.27. The molecule has 14 heavy (non-hydrogen) atoms. The maximum atomic E-state index is 12.0. The number of hydrogen-bond acceptors (Lipinski definition) is 2. The smallest absolute Gasteiger partial charge is 0.251 e. The highest BCUT2D eigenvalue weighted by molar-refractivity contribution is 5.81. The number of hydrogen-bond donors (Lipinski definition) is 0. The van der Waals surface area contributed by atoms with Crippen LogP contribution in [0.15, 0.2) is 0 Å². The fourth-order valence-electron chi connectivity index (χ4n) is 2.25. The van der Waals surface area contributed by atoms with Crippen LogP contribution in [0.3, 0.4) is 0 Å². The van der Waals surface area contributed by atoms with Crippen molar-refractivity contribution in [1.29, 1.82) is 0 Å². The monoisotopic (exact) mass is 197 g/mol. The first-order valence-electron chi connectivity index (χ1n) is 5.78. The minimum atomic E-state index is -0.123. The third-order valence-corrected chi connectivity index (χ3v) is 3.12. The lowest BCUT2D eigenvalue weighted by atomic mass is 10.1. The molecule has 2 aliphatic rings. The number of carbonyl (C=O) groups excluding carboxylic acids is 1. The number of nitrogens with zero attached hydrogens (tertiary/aromatic N) is 1. The van der Waals surface area contributed by atoms with E-state index in [1.807, 2.05) is 4.90 Å². The Morgan fingerprint density at radius 2 is 1.86 bits per heavy atom. The molecular formula is C11H19NO2. The fourth-order valence-corrected chi connectivity index (χ4v) is 2.25. The molecule has 0 aliphatic carbocycles. The van der Waals surface area contributed by atoms with E-state index < -0.39 is 0 Å². The van der Waals surface area contributed by atoms with Crippen LogP contribution in [-0.2, 0) is 9.53 Å². The quantitative estimate of drug-likeness (QED) is 0.638. The van der Waals surface area contributed by atoms with Gasteiger partial charge in [0.2, 0.25) is 0 Å². The van der Waals surface area contributed by atoms with Gasteiger partial charge in [0.1, 0.15) is 6.10 Å². The van der Waals surface area contributed by atoms with Crippen molar-refractivity contribution in [2.45, 2.75) is 44.6 Å². The maximum Gasteiger partial charge on any atom is 0.251 e. The lowest BCUT2D eigenvalue weighted by molar-refractivity contribution is -0.147. The van der Waals surface area contributed by atoms with Crippen molar-refractivity contribution in [1.82, 2.24) is 4.90 Å². The van der Waals surface area contributed by atoms with E-state index in [0.717, 1.165) is 39.0 Å². The fraction of sp³-hybridized carbons (Fsp3) is 0.909. The Labute approximate surface area is 85.4 Å². The summed E-state index contributed by atoms with van der Waals surface area (Å²) >= 11 is 0. The molecule has 0 radical (unpaired) electrons. The molecule has 2 heterocycles. The SMILES string of the molecule is O=C(C1CCCCO1)N1CCCCC1. The van der Waals surface area contributed by atoms with Crippen LogP contribution in [0.1, 0.15) is 38.5 Å². The average Bonchev–Trinajstić information content (AvgIpc) is 2.30. The molecule has 2 saturated heterocycles. The summed E-state index contributed by atoms with van der Waals surface area (Å²) < 4.78 is 5.50. The van der Waals surface area contributed by atoms with Gasteiger partial charge >= 0.3 is 0 Å². The van der Waals surface area contributed by atoms with Crippen molar-refractivity contribution < 1.29 is 9.53 Å². The third-order valence-electron chi connectivity index (χ3n) is 3.12. The Morgan fingerprint density at radius 1 is 1.07 bits per heavy atom. The second-order valence-corrected chi connectivity index (χ2v) is 4.24. The first kappa shape index (κ1) is 9.97. The maximum absolute atomic E-state index is 12.0. The van der Waals surface area contributed by atoms with Gasteiger partial charge in [-0.15, -0.1) is 0 Å². The largest absolute Gasteiger partial charge is 0.368 e. The predicted molar refractivity (Wildman–Crippen MR) is 54.0 cm³/mol. The lowest BCUT2D eigenvalue weighted by Crippen LogP contribution is -2.44. The van der Waals surface area contributed by atoms with Gasteiger partial charge in [0, 0.05) is 19.7 Å². The number of ether oxygens (including phenoxy) is 1. The molecule has 3 nitrogen and oxygen atoms in total. The molecule has 2 rings (SSSR count). The van der Waals surface area contributed by atoms with E-state index in [1.165, 1.54) is 19.3 Å². The molecule has 80 valence electrons. The molecule has 0 spiro atoms. The van der Waals surface area contributed by atoms with Crippen molar-refractivity contribution in [3.63, 3.8) is 0 Å². The van der Waals surface area contributed by atoms with Crippen molar-refractivity contribution in [3.05, 3.63) is 0 Å². The summed E-state index contributed by atoms with van der Waals surface area (Å²) in [5.41, 5.74) is 0. The first-order valence-corrected chi connectivity index (χ1v) is 5.78. The lowest BCUT2D eigenvalue weighted by Gasteiger charge is -2.31. The molecule has 2 aliphatic heterocycles. The van der Waals surface area contributed by atoms with E-state index in [9.17, 15) is 4.79 Å². The summed E-state index contributed by atoms with van der Waals surface area (Å²) in [5, 5.41) is 0. The van der Waals surface area contributed by atoms with Crippen LogP contribution in [0.5, 0.6) is 0 Å². The van der Waals surface area contributed by atoms with E-state index in [2.05, 4.69) is 0 Å². The summed E-state index contributed by atoms with van der Waals surface area (Å²) in [4.78, 5) is 13.9. The van der Waals surface area contributed by atoms with E-state index in [0.29, 0.717) is 0 Å². The molecule has 0 saturated carbocycles. The summed E-state index contributed by atoms with van der Waals surface area (Å²) in [6.45, 7) is 2.65. The minimum Gasteiger partial charge on any atom is -0.368 e. The summed E-state index contributed by atoms with van der Waals surface area (Å²) in [5.74, 6) is 0.240. The molecule has 0 aromatic heterocycles. The van der Waals surface area contributed by atoms with Gasteiger partial charge < -0.3 is 9.64 Å². The highest BCUT2D eigenvalue weighted by atomic mass is 16.5. The summed E-state index contributed by atoms with van der Waals surface area (Å²) in [6.07, 6.45) is 6.66. The van der Waals surface area contributed by atoms with Crippen LogP contribution in [0.25, 0.3) is 0 Å². The number of rotatable bonds is 1. The first-order chi connectivity index (χ1) is 6.88. The Bertz CT molecular complexity index is 173. The van der Waals surface area contributed by atoms with Gasteiger partial charge in [-0.2, -0.15) is 0 Å². The molecule has 3 heteroatoms. The van der Waals surface area contributed by atoms with Crippen molar-refractivity contribution in [2.24, 2.45) is 0 Å². The molecule has 0 bridgehead atoms. The molecule has 0 aromatic rings. The zero-order valence-electron chi connectivity index (χ0n) is 8.71. The van der Waals surface area contributed by atoms with Crippen molar-refractivity contribution in [3.8, 4) is 0 Å². The third kappa shape index (κ3) is 2.27. The van der Waals surface area contributed by atoms with Gasteiger partial charge in [-0.3, -0.25) is 4.79 Å². The highest BCUT2D eigenvalue weighted by Crippen LogP contribution is 2.17. The number of carbonyl (C=O) groups is 1. The zero-order chi connectivity index (χ0) is 9.80. The van der Waals surface area contributed by atoms with Crippen LogP contribution in [0.2, 0.25) is 0 Å². The molecule has 1 amide bonds. The van der Waals surface area contributed by atoms with Gasteiger partial charge in [-0.25, -0.2) is 0 Å². The number of likely N-dealkylation sites (tertiary alicyclic amines) is 1. The van der Waals surface area contributed by atoms with Crippen molar-refractivity contribution in [2.75, 3.05) is 19.7 Å². The van der Waals surface area contributed by atoms with Gasteiger partial charge in [-0.05, 0) is 38.5 Å². The predicted octanol–water partition coefficient (Wildman–Crippen LogP) is 1.57. The Balaban J connectivity index is 1.85. The minimum absolute atomic E-state index is 0.123. The molecule has 1 unspecified atom stereocenters. The van der Waals surface area contributed by atoms with E-state index in [-0.39, 0.29) is 12.0 Å². The van der Waals surface area contributed by atoms with Crippen molar-refractivity contribution >= 4 is 5.91 Å². The Hall–Kier alpha value is -0.570. The van der Waals surface area contributed by atoms with E-state index >= 15 is 0 Å². The second kappa shape index (κ2) is 4.78. The van der Waals surface area contributed by atoms with E-state index in [4.69, 9.17) is 4.74 Å². The zero-order valence-corrected chi connectivity index (χ0v) is 8.71. The second-order valence-electron chi connectivity index (χ2n) is 4.24. The topological polar surface area (TPSA) is 29.5 Å². The van der Waals surface area contributed by atoms with Crippen LogP contribution in [-0.4, -0.2) is 36.6 Å². The molecule has 0 aromatic carbocycles. The normalized spacial score (nSPS) is 28.9. The van der Waals surface area contributed by atoms with Gasteiger partial charge in [-0.1, -0.05) is 0 Å².